The zero-order valence-electron chi connectivity index (χ0n) is 20.7. The first-order chi connectivity index (χ1) is 18.4. The van der Waals surface area contributed by atoms with E-state index in [1.165, 1.54) is 31.4 Å². The molecule has 0 spiro atoms. The third-order valence-electron chi connectivity index (χ3n) is 6.11. The van der Waals surface area contributed by atoms with Crippen molar-refractivity contribution in [3.63, 3.8) is 0 Å². The number of rotatable bonds is 9. The summed E-state index contributed by atoms with van der Waals surface area (Å²) in [5.41, 5.74) is -0.211. The second-order valence-electron chi connectivity index (χ2n) is 8.72. The molecule has 0 aliphatic carbocycles. The molecule has 0 fully saturated rings. The third kappa shape index (κ3) is 6.48. The van der Waals surface area contributed by atoms with Gasteiger partial charge in [0.2, 0.25) is 0 Å². The molecular formula is C27H24ClF4NO5S. The van der Waals surface area contributed by atoms with Crippen molar-refractivity contribution < 1.29 is 40.2 Å². The molecular weight excluding hydrogens is 562 g/mol. The van der Waals surface area contributed by atoms with Gasteiger partial charge in [-0.3, -0.25) is 4.31 Å². The van der Waals surface area contributed by atoms with Gasteiger partial charge < -0.3 is 14.2 Å². The molecule has 3 aromatic rings. The number of sulfonamides is 1. The van der Waals surface area contributed by atoms with Crippen molar-refractivity contribution in [2.75, 3.05) is 24.6 Å². The summed E-state index contributed by atoms with van der Waals surface area (Å²) in [6.45, 7) is 3.26. The van der Waals surface area contributed by atoms with E-state index in [2.05, 4.69) is 6.58 Å². The highest BCUT2D eigenvalue weighted by atomic mass is 35.5. The van der Waals surface area contributed by atoms with E-state index in [0.29, 0.717) is 23.8 Å². The van der Waals surface area contributed by atoms with Crippen LogP contribution in [0.4, 0.5) is 23.2 Å². The molecule has 6 nitrogen and oxygen atoms in total. The topological polar surface area (TPSA) is 65.1 Å². The van der Waals surface area contributed by atoms with Crippen LogP contribution in [-0.2, 0) is 38.7 Å². The summed E-state index contributed by atoms with van der Waals surface area (Å²) in [6, 6.07) is 12.4. The van der Waals surface area contributed by atoms with Crippen molar-refractivity contribution in [1.82, 2.24) is 0 Å². The molecule has 0 N–H and O–H groups in total. The molecule has 1 atom stereocenters. The summed E-state index contributed by atoms with van der Waals surface area (Å²) in [6.07, 6.45) is -5.07. The van der Waals surface area contributed by atoms with Crippen LogP contribution in [0.2, 0.25) is 5.02 Å². The number of fused-ring (bicyclic) bond motifs is 1. The lowest BCUT2D eigenvalue weighted by Crippen LogP contribution is -2.43. The number of nitrogens with zero attached hydrogens (tertiary/aromatic N) is 1. The molecule has 12 heteroatoms. The highest BCUT2D eigenvalue weighted by Crippen LogP contribution is 2.37. The standard InChI is InChI=1S/C27H24ClF4NO5S/c1-17(36-2)15-37-21-11-18-9-10-20(38-16-23-24(28)7-4-8-25(23)29)13-26(18)33(14-21)39(34,35)22-6-3-5-19(12-22)27(30,31)32/h3-10,12-13,21H,1,11,14-16H2,2H3/t21-/m1/s1. The van der Waals surface area contributed by atoms with Gasteiger partial charge in [-0.15, -0.1) is 0 Å². The van der Waals surface area contributed by atoms with Gasteiger partial charge in [-0.2, -0.15) is 13.2 Å². The van der Waals surface area contributed by atoms with Crippen LogP contribution in [0.5, 0.6) is 5.75 Å². The molecule has 0 radical (unpaired) electrons. The maximum absolute atomic E-state index is 14.2. The van der Waals surface area contributed by atoms with E-state index < -0.39 is 38.6 Å². The molecule has 0 saturated carbocycles. The lowest BCUT2D eigenvalue weighted by molar-refractivity contribution is -0.137. The van der Waals surface area contributed by atoms with Crippen LogP contribution < -0.4 is 9.04 Å². The Morgan fingerprint density at radius 2 is 1.87 bits per heavy atom. The number of alkyl halides is 3. The summed E-state index contributed by atoms with van der Waals surface area (Å²) in [5.74, 6) is -0.0278. The van der Waals surface area contributed by atoms with E-state index in [1.807, 2.05) is 0 Å². The van der Waals surface area contributed by atoms with Crippen LogP contribution in [0.15, 0.2) is 77.9 Å². The average Bonchev–Trinajstić information content (AvgIpc) is 2.90. The van der Waals surface area contributed by atoms with E-state index in [0.717, 1.165) is 22.5 Å². The van der Waals surface area contributed by atoms with Gasteiger partial charge in [0.25, 0.3) is 10.0 Å². The summed E-state index contributed by atoms with van der Waals surface area (Å²) < 4.78 is 99.1. The Balaban J connectivity index is 1.70. The van der Waals surface area contributed by atoms with Crippen molar-refractivity contribution in [1.29, 1.82) is 0 Å². The van der Waals surface area contributed by atoms with Gasteiger partial charge in [0.1, 0.15) is 30.5 Å². The fourth-order valence-corrected chi connectivity index (χ4v) is 5.82. The smallest absolute Gasteiger partial charge is 0.416 e. The summed E-state index contributed by atoms with van der Waals surface area (Å²) in [7, 11) is -3.05. The largest absolute Gasteiger partial charge is 0.499 e. The molecule has 1 aliphatic heterocycles. The fraction of sp³-hybridized carbons (Fsp3) is 0.259. The maximum Gasteiger partial charge on any atom is 0.416 e. The monoisotopic (exact) mass is 585 g/mol. The van der Waals surface area contributed by atoms with Crippen LogP contribution in [0.1, 0.15) is 16.7 Å². The Hall–Kier alpha value is -3.28. The Morgan fingerprint density at radius 1 is 1.13 bits per heavy atom. The highest BCUT2D eigenvalue weighted by Gasteiger charge is 2.37. The first-order valence-corrected chi connectivity index (χ1v) is 13.4. The summed E-state index contributed by atoms with van der Waals surface area (Å²) >= 11 is 6.07. The normalized spacial score (nSPS) is 15.5. The molecule has 0 amide bonds. The minimum atomic E-state index is -4.73. The Bertz CT molecular complexity index is 1460. The third-order valence-corrected chi connectivity index (χ3v) is 8.24. The highest BCUT2D eigenvalue weighted by molar-refractivity contribution is 7.92. The van der Waals surface area contributed by atoms with E-state index >= 15 is 0 Å². The number of anilines is 1. The quantitative estimate of drug-likeness (QED) is 0.216. The van der Waals surface area contributed by atoms with E-state index in [9.17, 15) is 26.0 Å². The lowest BCUT2D eigenvalue weighted by atomic mass is 10.0. The predicted octanol–water partition coefficient (Wildman–Crippen LogP) is 6.37. The Labute approximate surface area is 228 Å². The lowest BCUT2D eigenvalue weighted by Gasteiger charge is -2.35. The van der Waals surface area contributed by atoms with Gasteiger partial charge in [-0.25, -0.2) is 12.8 Å². The summed E-state index contributed by atoms with van der Waals surface area (Å²) in [5, 5.41) is 0.166. The molecule has 0 bridgehead atoms. The molecule has 3 aromatic carbocycles. The first kappa shape index (κ1) is 28.7. The molecule has 1 aliphatic rings. The molecule has 1 heterocycles. The van der Waals surface area contributed by atoms with E-state index in [1.54, 1.807) is 12.1 Å². The second kappa shape index (κ2) is 11.4. The minimum Gasteiger partial charge on any atom is -0.499 e. The van der Waals surface area contributed by atoms with E-state index in [-0.39, 0.29) is 41.8 Å². The van der Waals surface area contributed by atoms with Gasteiger partial charge >= 0.3 is 6.18 Å². The number of hydrogen-bond acceptors (Lipinski definition) is 5. The number of methoxy groups -OCH3 is 1. The van der Waals surface area contributed by atoms with Crippen LogP contribution in [0, 0.1) is 5.82 Å². The molecule has 0 unspecified atom stereocenters. The van der Waals surface area contributed by atoms with Crippen LogP contribution >= 0.6 is 11.6 Å². The van der Waals surface area contributed by atoms with Crippen molar-refractivity contribution in [2.24, 2.45) is 0 Å². The second-order valence-corrected chi connectivity index (χ2v) is 11.0. The van der Waals surface area contributed by atoms with Gasteiger partial charge in [0.15, 0.2) is 0 Å². The number of benzene rings is 3. The number of halogens is 5. The molecule has 4 rings (SSSR count). The fourth-order valence-electron chi connectivity index (χ4n) is 4.03. The molecule has 0 saturated heterocycles. The Kier molecular flexibility index (Phi) is 8.43. The zero-order valence-corrected chi connectivity index (χ0v) is 22.2. The SMILES string of the molecule is C=C(CO[C@@H]1Cc2ccc(OCc3c(F)cccc3Cl)cc2N(S(=O)(=O)c2cccc(C(F)(F)F)c2)C1)OC. The van der Waals surface area contributed by atoms with Gasteiger partial charge in [-0.1, -0.05) is 36.4 Å². The minimum absolute atomic E-state index is 0.00145. The first-order valence-electron chi connectivity index (χ1n) is 11.6. The van der Waals surface area contributed by atoms with E-state index in [4.69, 9.17) is 25.8 Å². The van der Waals surface area contributed by atoms with Crippen molar-refractivity contribution in [3.05, 3.63) is 101 Å². The van der Waals surface area contributed by atoms with Crippen LogP contribution in [0.25, 0.3) is 0 Å². The zero-order chi connectivity index (χ0) is 28.4. The summed E-state index contributed by atoms with van der Waals surface area (Å²) in [4.78, 5) is -0.533. The average molecular weight is 586 g/mol. The van der Waals surface area contributed by atoms with Crippen molar-refractivity contribution in [3.8, 4) is 5.75 Å². The molecule has 39 heavy (non-hydrogen) atoms. The van der Waals surface area contributed by atoms with Crippen molar-refractivity contribution in [2.45, 2.75) is 30.2 Å². The molecule has 208 valence electrons. The maximum atomic E-state index is 14.2. The number of ether oxygens (including phenoxy) is 3. The van der Waals surface area contributed by atoms with Gasteiger partial charge in [0, 0.05) is 18.1 Å². The van der Waals surface area contributed by atoms with Gasteiger partial charge in [-0.05, 0) is 42.0 Å². The van der Waals surface area contributed by atoms with Crippen LogP contribution in [0.3, 0.4) is 0 Å². The van der Waals surface area contributed by atoms with Crippen molar-refractivity contribution >= 4 is 27.3 Å². The van der Waals surface area contributed by atoms with Crippen LogP contribution in [-0.4, -0.2) is 34.8 Å². The number of hydrogen-bond donors (Lipinski definition) is 0. The predicted molar refractivity (Wildman–Crippen MR) is 138 cm³/mol. The Morgan fingerprint density at radius 3 is 2.56 bits per heavy atom. The van der Waals surface area contributed by atoms with Gasteiger partial charge in [0.05, 0.1) is 40.9 Å². The molecule has 0 aromatic heterocycles.